The number of carbonyl (C=O) groups is 2. The normalized spacial score (nSPS) is 11.8. The van der Waals surface area contributed by atoms with Crippen LogP contribution in [0.4, 0.5) is 11.1 Å². The summed E-state index contributed by atoms with van der Waals surface area (Å²) in [6, 6.07) is 9.07. The van der Waals surface area contributed by atoms with Gasteiger partial charge in [-0.05, 0) is 6.42 Å². The Morgan fingerprint density at radius 3 is 2.76 bits per heavy atom. The zero-order valence-electron chi connectivity index (χ0n) is 15.9. The highest BCUT2D eigenvalue weighted by Crippen LogP contribution is 2.28. The molecule has 1 amide bonds. The summed E-state index contributed by atoms with van der Waals surface area (Å²) in [5.74, 6) is -0.548. The third-order valence-corrected chi connectivity index (χ3v) is 5.72. The van der Waals surface area contributed by atoms with Crippen molar-refractivity contribution in [1.82, 2.24) is 19.7 Å². The second-order valence-corrected chi connectivity index (χ2v) is 7.69. The Bertz CT molecular complexity index is 989. The lowest BCUT2D eigenvalue weighted by Crippen LogP contribution is -2.27. The number of ether oxygens (including phenoxy) is 1. The van der Waals surface area contributed by atoms with Crippen molar-refractivity contribution >= 4 is 46.1 Å². The number of nitrogens with one attached hydrogen (secondary N) is 1. The van der Waals surface area contributed by atoms with Gasteiger partial charge in [0.15, 0.2) is 10.3 Å². The number of thiazole rings is 1. The van der Waals surface area contributed by atoms with E-state index < -0.39 is 12.0 Å². The zero-order chi connectivity index (χ0) is 20.8. The molecule has 0 radical (unpaired) electrons. The SMILES string of the molecule is CCC(C(=O)Nc1nc(-c2ccccc2)cs1)n1c(N)nnc1SCC(=O)OC. The Balaban J connectivity index is 1.75. The van der Waals surface area contributed by atoms with Crippen LogP contribution in [0.5, 0.6) is 0 Å². The van der Waals surface area contributed by atoms with E-state index in [9.17, 15) is 9.59 Å². The standard InChI is InChI=1S/C18H20N6O3S2/c1-3-13(24-16(19)22-23-18(24)29-10-14(25)27-2)15(26)21-17-20-12(9-28-17)11-7-5-4-6-8-11/h4-9,13H,3,10H2,1-2H3,(H2,19,22)(H,20,21,26). The zero-order valence-corrected chi connectivity index (χ0v) is 17.5. The van der Waals surface area contributed by atoms with Gasteiger partial charge in [-0.3, -0.25) is 14.2 Å². The molecule has 3 rings (SSSR count). The van der Waals surface area contributed by atoms with Crippen LogP contribution in [0.25, 0.3) is 11.3 Å². The van der Waals surface area contributed by atoms with E-state index in [1.165, 1.54) is 23.0 Å². The molecule has 29 heavy (non-hydrogen) atoms. The average Bonchev–Trinajstić information content (AvgIpc) is 3.35. The lowest BCUT2D eigenvalue weighted by Gasteiger charge is -2.18. The van der Waals surface area contributed by atoms with E-state index in [0.717, 1.165) is 23.0 Å². The van der Waals surface area contributed by atoms with Crippen LogP contribution in [0.3, 0.4) is 0 Å². The molecule has 0 fully saturated rings. The molecule has 2 aromatic heterocycles. The molecule has 152 valence electrons. The summed E-state index contributed by atoms with van der Waals surface area (Å²) in [6.45, 7) is 1.86. The molecule has 0 aliphatic carbocycles. The Kier molecular flexibility index (Phi) is 6.83. The monoisotopic (exact) mass is 432 g/mol. The van der Waals surface area contributed by atoms with Gasteiger partial charge < -0.3 is 15.8 Å². The van der Waals surface area contributed by atoms with E-state index in [2.05, 4.69) is 25.2 Å². The van der Waals surface area contributed by atoms with Crippen molar-refractivity contribution in [2.45, 2.75) is 24.5 Å². The number of esters is 1. The number of nitrogens with two attached hydrogens (primary N) is 1. The fourth-order valence-corrected chi connectivity index (χ4v) is 4.15. The minimum absolute atomic E-state index is 0.0413. The maximum Gasteiger partial charge on any atom is 0.316 e. The fourth-order valence-electron chi connectivity index (χ4n) is 2.61. The second-order valence-electron chi connectivity index (χ2n) is 5.89. The summed E-state index contributed by atoms with van der Waals surface area (Å²) in [6.07, 6.45) is 0.455. The van der Waals surface area contributed by atoms with Crippen LogP contribution in [0.2, 0.25) is 0 Å². The molecule has 0 saturated heterocycles. The Morgan fingerprint density at radius 2 is 2.07 bits per heavy atom. The molecule has 3 N–H and O–H groups in total. The topological polar surface area (TPSA) is 125 Å². The van der Waals surface area contributed by atoms with Gasteiger partial charge >= 0.3 is 5.97 Å². The van der Waals surface area contributed by atoms with Crippen LogP contribution >= 0.6 is 23.1 Å². The Labute approximate surface area is 175 Å². The summed E-state index contributed by atoms with van der Waals surface area (Å²) in [4.78, 5) is 28.8. The van der Waals surface area contributed by atoms with Gasteiger partial charge in [0.25, 0.3) is 0 Å². The minimum atomic E-state index is -0.644. The third-order valence-electron chi connectivity index (χ3n) is 4.04. The highest BCUT2D eigenvalue weighted by atomic mass is 32.2. The van der Waals surface area contributed by atoms with Gasteiger partial charge in [0, 0.05) is 10.9 Å². The number of nitrogens with zero attached hydrogens (tertiary/aromatic N) is 4. The molecule has 2 heterocycles. The first-order valence-electron chi connectivity index (χ1n) is 8.75. The summed E-state index contributed by atoms with van der Waals surface area (Å²) in [5.41, 5.74) is 7.70. The summed E-state index contributed by atoms with van der Waals surface area (Å²) < 4.78 is 6.16. The van der Waals surface area contributed by atoms with Crippen LogP contribution < -0.4 is 11.1 Å². The summed E-state index contributed by atoms with van der Waals surface area (Å²) in [5, 5.41) is 13.4. The van der Waals surface area contributed by atoms with E-state index in [1.54, 1.807) is 0 Å². The fraction of sp³-hybridized carbons (Fsp3) is 0.278. The number of nitrogen functional groups attached to an aromatic ring is 1. The Morgan fingerprint density at radius 1 is 1.31 bits per heavy atom. The molecule has 0 spiro atoms. The largest absolute Gasteiger partial charge is 0.468 e. The van der Waals surface area contributed by atoms with E-state index in [1.807, 2.05) is 42.6 Å². The number of anilines is 2. The number of aromatic nitrogens is 4. The molecule has 0 bridgehead atoms. The third kappa shape index (κ3) is 4.93. The lowest BCUT2D eigenvalue weighted by atomic mass is 10.2. The van der Waals surface area contributed by atoms with Crippen LogP contribution in [0.1, 0.15) is 19.4 Å². The second kappa shape index (κ2) is 9.52. The van der Waals surface area contributed by atoms with Crippen molar-refractivity contribution in [1.29, 1.82) is 0 Å². The van der Waals surface area contributed by atoms with Crippen molar-refractivity contribution in [3.63, 3.8) is 0 Å². The van der Waals surface area contributed by atoms with Gasteiger partial charge in [0.1, 0.15) is 6.04 Å². The van der Waals surface area contributed by atoms with Crippen molar-refractivity contribution in [2.75, 3.05) is 23.9 Å². The maximum absolute atomic E-state index is 12.9. The van der Waals surface area contributed by atoms with Crippen LogP contribution in [0, 0.1) is 0 Å². The molecule has 9 nitrogen and oxygen atoms in total. The first kappa shape index (κ1) is 20.8. The number of rotatable bonds is 8. The van der Waals surface area contributed by atoms with Crippen LogP contribution in [-0.2, 0) is 14.3 Å². The molecule has 1 unspecified atom stereocenters. The molecule has 0 aliphatic heterocycles. The number of hydrogen-bond acceptors (Lipinski definition) is 9. The molecule has 0 aliphatic rings. The predicted molar refractivity (Wildman–Crippen MR) is 113 cm³/mol. The van der Waals surface area contributed by atoms with E-state index >= 15 is 0 Å². The quantitative estimate of drug-likeness (QED) is 0.411. The molecule has 0 saturated carbocycles. The first-order valence-corrected chi connectivity index (χ1v) is 10.6. The summed E-state index contributed by atoms with van der Waals surface area (Å²) in [7, 11) is 1.31. The van der Waals surface area contributed by atoms with Crippen molar-refractivity contribution in [2.24, 2.45) is 0 Å². The maximum atomic E-state index is 12.9. The lowest BCUT2D eigenvalue weighted by molar-refractivity contribution is -0.137. The van der Waals surface area contributed by atoms with E-state index in [-0.39, 0.29) is 17.6 Å². The van der Waals surface area contributed by atoms with Crippen LogP contribution in [-0.4, -0.2) is 44.5 Å². The van der Waals surface area contributed by atoms with Gasteiger partial charge in [-0.2, -0.15) is 0 Å². The number of benzene rings is 1. The van der Waals surface area contributed by atoms with E-state index in [4.69, 9.17) is 5.73 Å². The first-order chi connectivity index (χ1) is 14.0. The van der Waals surface area contributed by atoms with E-state index in [0.29, 0.717) is 16.7 Å². The van der Waals surface area contributed by atoms with Gasteiger partial charge in [0.2, 0.25) is 11.9 Å². The number of carbonyl (C=O) groups excluding carboxylic acids is 2. The number of methoxy groups -OCH3 is 1. The van der Waals surface area contributed by atoms with Gasteiger partial charge in [-0.25, -0.2) is 4.98 Å². The molecule has 11 heteroatoms. The van der Waals surface area contributed by atoms with Crippen molar-refractivity contribution < 1.29 is 14.3 Å². The number of hydrogen-bond donors (Lipinski definition) is 2. The van der Waals surface area contributed by atoms with Gasteiger partial charge in [0.05, 0.1) is 18.6 Å². The highest BCUT2D eigenvalue weighted by Gasteiger charge is 2.26. The molecule has 1 aromatic carbocycles. The summed E-state index contributed by atoms with van der Waals surface area (Å²) >= 11 is 2.45. The van der Waals surface area contributed by atoms with Crippen molar-refractivity contribution in [3.05, 3.63) is 35.7 Å². The highest BCUT2D eigenvalue weighted by molar-refractivity contribution is 7.99. The molecule has 3 aromatic rings. The van der Waals surface area contributed by atoms with Gasteiger partial charge in [-0.1, -0.05) is 49.0 Å². The number of thioether (sulfide) groups is 1. The molecule has 1 atom stereocenters. The number of amides is 1. The minimum Gasteiger partial charge on any atom is -0.468 e. The predicted octanol–water partition coefficient (Wildman–Crippen LogP) is 2.84. The molecular formula is C18H20N6O3S2. The smallest absolute Gasteiger partial charge is 0.316 e. The Hall–Kier alpha value is -2.92. The molecular weight excluding hydrogens is 412 g/mol. The van der Waals surface area contributed by atoms with Gasteiger partial charge in [-0.15, -0.1) is 21.5 Å². The average molecular weight is 433 g/mol. The van der Waals surface area contributed by atoms with Crippen molar-refractivity contribution in [3.8, 4) is 11.3 Å². The van der Waals surface area contributed by atoms with Crippen LogP contribution in [0.15, 0.2) is 40.9 Å².